The van der Waals surface area contributed by atoms with Crippen LogP contribution >= 0.6 is 0 Å². The second kappa shape index (κ2) is 4.89. The first-order chi connectivity index (χ1) is 5.72. The van der Waals surface area contributed by atoms with Crippen LogP contribution in [0.3, 0.4) is 0 Å². The van der Waals surface area contributed by atoms with Crippen LogP contribution in [0.25, 0.3) is 0 Å². The molecule has 0 aliphatic rings. The van der Waals surface area contributed by atoms with Crippen molar-refractivity contribution in [2.45, 2.75) is 0 Å². The third-order valence-corrected chi connectivity index (χ3v) is 0.894. The topological polar surface area (TPSA) is 103 Å². The van der Waals surface area contributed by atoms with Crippen molar-refractivity contribution < 1.29 is 0 Å². The summed E-state index contributed by atoms with van der Waals surface area (Å²) in [6.07, 6.45) is 0. The van der Waals surface area contributed by atoms with Gasteiger partial charge in [-0.05, 0) is 0 Å². The van der Waals surface area contributed by atoms with Gasteiger partial charge in [0.15, 0.2) is 0 Å². The fourth-order valence-corrected chi connectivity index (χ4v) is 0.521. The van der Waals surface area contributed by atoms with E-state index in [1.54, 1.807) is 7.05 Å². The highest BCUT2D eigenvalue weighted by atomic mass is 15.2. The summed E-state index contributed by atoms with van der Waals surface area (Å²) in [6, 6.07) is 0. The van der Waals surface area contributed by atoms with Gasteiger partial charge in [0.05, 0.1) is 0 Å². The Kier molecular flexibility index (Phi) is 4.13. The zero-order chi connectivity index (χ0) is 9.56. The Balaban J connectivity index is 0.000000561. The second-order valence-corrected chi connectivity index (χ2v) is 1.63. The number of anilines is 3. The largest absolute Gasteiger partial charge is 0.368 e. The van der Waals surface area contributed by atoms with Gasteiger partial charge in [0.25, 0.3) is 0 Å². The highest BCUT2D eigenvalue weighted by molar-refractivity contribution is 5.36. The van der Waals surface area contributed by atoms with Crippen LogP contribution in [-0.4, -0.2) is 22.0 Å². The van der Waals surface area contributed by atoms with Gasteiger partial charge in [0, 0.05) is 7.05 Å². The lowest BCUT2D eigenvalue weighted by Gasteiger charge is -1.98. The number of nitrogens with zero attached hydrogens (tertiary/aromatic N) is 3. The normalized spacial score (nSPS) is 8.08. The van der Waals surface area contributed by atoms with E-state index in [4.69, 9.17) is 11.5 Å². The van der Waals surface area contributed by atoms with E-state index < -0.39 is 0 Å². The van der Waals surface area contributed by atoms with Crippen molar-refractivity contribution in [2.75, 3.05) is 23.8 Å². The van der Waals surface area contributed by atoms with Crippen molar-refractivity contribution in [1.82, 2.24) is 15.0 Å². The second-order valence-electron chi connectivity index (χ2n) is 1.63. The summed E-state index contributed by atoms with van der Waals surface area (Å²) in [5.74, 6) is 0.624. The molecule has 6 nitrogen and oxygen atoms in total. The SMILES string of the molecule is C=C.CNc1nc(N)nc(N)n1. The molecule has 0 bridgehead atoms. The van der Waals surface area contributed by atoms with Crippen LogP contribution in [0.15, 0.2) is 13.2 Å². The first-order valence-corrected chi connectivity index (χ1v) is 3.17. The predicted octanol–water partition coefficient (Wildman–Crippen LogP) is -0.120. The van der Waals surface area contributed by atoms with Crippen LogP contribution in [0.1, 0.15) is 0 Å². The maximum atomic E-state index is 5.25. The summed E-state index contributed by atoms with van der Waals surface area (Å²) in [5.41, 5.74) is 10.5. The maximum absolute atomic E-state index is 5.25. The monoisotopic (exact) mass is 168 g/mol. The Morgan fingerprint density at radius 3 is 1.83 bits per heavy atom. The minimum atomic E-state index is 0.122. The molecule has 0 saturated carbocycles. The predicted molar refractivity (Wildman–Crippen MR) is 49.5 cm³/mol. The van der Waals surface area contributed by atoms with Gasteiger partial charge in [0.1, 0.15) is 0 Å². The summed E-state index contributed by atoms with van der Waals surface area (Å²) in [5, 5.41) is 2.69. The molecule has 0 saturated heterocycles. The van der Waals surface area contributed by atoms with Crippen LogP contribution in [-0.2, 0) is 0 Å². The fourth-order valence-electron chi connectivity index (χ4n) is 0.521. The highest BCUT2D eigenvalue weighted by Gasteiger charge is 1.96. The lowest BCUT2D eigenvalue weighted by Crippen LogP contribution is -2.06. The zero-order valence-electron chi connectivity index (χ0n) is 6.91. The Hall–Kier alpha value is -1.85. The van der Waals surface area contributed by atoms with Gasteiger partial charge in [-0.25, -0.2) is 0 Å². The van der Waals surface area contributed by atoms with Crippen LogP contribution in [0, 0.1) is 0 Å². The Morgan fingerprint density at radius 1 is 1.08 bits per heavy atom. The molecule has 1 aromatic heterocycles. The maximum Gasteiger partial charge on any atom is 0.229 e. The van der Waals surface area contributed by atoms with Crippen LogP contribution < -0.4 is 16.8 Å². The van der Waals surface area contributed by atoms with Crippen molar-refractivity contribution in [1.29, 1.82) is 0 Å². The van der Waals surface area contributed by atoms with Crippen molar-refractivity contribution in [3.05, 3.63) is 13.2 Å². The number of aromatic nitrogens is 3. The minimum Gasteiger partial charge on any atom is -0.368 e. The molecule has 0 aromatic carbocycles. The number of hydrogen-bond donors (Lipinski definition) is 3. The number of rotatable bonds is 1. The average Bonchev–Trinajstić information content (AvgIpc) is 2.06. The van der Waals surface area contributed by atoms with E-state index in [1.807, 2.05) is 0 Å². The molecule has 0 fully saturated rings. The molecular formula is C6H12N6. The van der Waals surface area contributed by atoms with Crippen LogP contribution in [0.2, 0.25) is 0 Å². The van der Waals surface area contributed by atoms with Crippen molar-refractivity contribution in [2.24, 2.45) is 0 Å². The summed E-state index contributed by atoms with van der Waals surface area (Å²) in [4.78, 5) is 11.0. The highest BCUT2D eigenvalue weighted by Crippen LogP contribution is 2.00. The van der Waals surface area contributed by atoms with Crippen LogP contribution in [0.4, 0.5) is 17.8 Å². The molecule has 0 spiro atoms. The van der Waals surface area contributed by atoms with Gasteiger partial charge in [-0.3, -0.25) is 0 Å². The molecule has 6 heteroatoms. The molecule has 5 N–H and O–H groups in total. The molecule has 0 amide bonds. The molecule has 12 heavy (non-hydrogen) atoms. The van der Waals surface area contributed by atoms with E-state index in [2.05, 4.69) is 33.4 Å². The lowest BCUT2D eigenvalue weighted by atomic mass is 10.8. The number of nitrogen functional groups attached to an aromatic ring is 2. The van der Waals surface area contributed by atoms with Crippen molar-refractivity contribution >= 4 is 17.8 Å². The third kappa shape index (κ3) is 2.82. The van der Waals surface area contributed by atoms with E-state index in [9.17, 15) is 0 Å². The quantitative estimate of drug-likeness (QED) is 0.505. The Bertz CT molecular complexity index is 228. The standard InChI is InChI=1S/C4H8N6.C2H4/c1-7-4-9-2(5)8-3(6)10-4;1-2/h1H3,(H5,5,6,7,8,9,10);1-2H2. The lowest BCUT2D eigenvalue weighted by molar-refractivity contribution is 1.07. The van der Waals surface area contributed by atoms with Gasteiger partial charge in [-0.2, -0.15) is 15.0 Å². The molecule has 0 unspecified atom stereocenters. The molecule has 1 heterocycles. The van der Waals surface area contributed by atoms with Gasteiger partial charge < -0.3 is 16.8 Å². The number of nitrogens with one attached hydrogen (secondary N) is 1. The molecule has 0 aliphatic heterocycles. The Labute approximate surface area is 70.7 Å². The fraction of sp³-hybridized carbons (Fsp3) is 0.167. The van der Waals surface area contributed by atoms with E-state index in [0.29, 0.717) is 5.95 Å². The van der Waals surface area contributed by atoms with Crippen molar-refractivity contribution in [3.8, 4) is 0 Å². The summed E-state index contributed by atoms with van der Waals surface area (Å²) >= 11 is 0. The van der Waals surface area contributed by atoms with Crippen molar-refractivity contribution in [3.63, 3.8) is 0 Å². The van der Waals surface area contributed by atoms with Gasteiger partial charge in [-0.15, -0.1) is 13.2 Å². The third-order valence-electron chi connectivity index (χ3n) is 0.894. The van der Waals surface area contributed by atoms with Gasteiger partial charge >= 0.3 is 0 Å². The summed E-state index contributed by atoms with van der Waals surface area (Å²) in [6.45, 7) is 6.00. The average molecular weight is 168 g/mol. The smallest absolute Gasteiger partial charge is 0.229 e. The minimum absolute atomic E-state index is 0.122. The number of hydrogen-bond acceptors (Lipinski definition) is 6. The first kappa shape index (κ1) is 10.2. The van der Waals surface area contributed by atoms with Gasteiger partial charge in [0.2, 0.25) is 17.8 Å². The Morgan fingerprint density at radius 2 is 1.50 bits per heavy atom. The van der Waals surface area contributed by atoms with E-state index in [0.717, 1.165) is 0 Å². The molecule has 0 radical (unpaired) electrons. The summed E-state index contributed by atoms with van der Waals surface area (Å²) in [7, 11) is 1.67. The molecular weight excluding hydrogens is 156 g/mol. The molecule has 1 aromatic rings. The zero-order valence-corrected chi connectivity index (χ0v) is 6.91. The summed E-state index contributed by atoms with van der Waals surface area (Å²) < 4.78 is 0. The molecule has 1 rings (SSSR count). The van der Waals surface area contributed by atoms with E-state index >= 15 is 0 Å². The van der Waals surface area contributed by atoms with Gasteiger partial charge in [-0.1, -0.05) is 0 Å². The van der Waals surface area contributed by atoms with E-state index in [-0.39, 0.29) is 11.9 Å². The van der Waals surface area contributed by atoms with Crippen LogP contribution in [0.5, 0.6) is 0 Å². The molecule has 66 valence electrons. The number of nitrogens with two attached hydrogens (primary N) is 2. The molecule has 0 atom stereocenters. The molecule has 0 aliphatic carbocycles. The first-order valence-electron chi connectivity index (χ1n) is 3.17. The van der Waals surface area contributed by atoms with E-state index in [1.165, 1.54) is 0 Å².